The molecular formula is C20H27F2N3O. The van der Waals surface area contributed by atoms with Crippen molar-refractivity contribution in [3.63, 3.8) is 0 Å². The summed E-state index contributed by atoms with van der Waals surface area (Å²) in [5.74, 6) is -1.06. The molecule has 3 fully saturated rings. The quantitative estimate of drug-likeness (QED) is 0.896. The first-order valence-corrected chi connectivity index (χ1v) is 9.71. The number of carbonyl (C=O) groups excluding carboxylic acids is 1. The SMILES string of the molecule is O=C1CC2(CCN([C@@H]3CCCNC3)CC2)CN1Cc1cc(F)cc(F)c1. The van der Waals surface area contributed by atoms with Gasteiger partial charge in [-0.2, -0.15) is 0 Å². The molecule has 4 rings (SSSR count). The van der Waals surface area contributed by atoms with Crippen LogP contribution in [0.2, 0.25) is 0 Å². The van der Waals surface area contributed by atoms with Gasteiger partial charge in [-0.25, -0.2) is 8.78 Å². The maximum Gasteiger partial charge on any atom is 0.223 e. The summed E-state index contributed by atoms with van der Waals surface area (Å²) in [6, 6.07) is 4.14. The lowest BCUT2D eigenvalue weighted by molar-refractivity contribution is -0.128. The van der Waals surface area contributed by atoms with E-state index >= 15 is 0 Å². The lowest BCUT2D eigenvalue weighted by atomic mass is 9.77. The molecule has 1 aromatic rings. The Labute approximate surface area is 153 Å². The number of halogens is 2. The Balaban J connectivity index is 1.37. The van der Waals surface area contributed by atoms with E-state index in [0.717, 1.165) is 45.1 Å². The number of nitrogens with zero attached hydrogens (tertiary/aromatic N) is 2. The number of nitrogens with one attached hydrogen (secondary N) is 1. The zero-order valence-electron chi connectivity index (χ0n) is 15.1. The number of piperidine rings is 2. The summed E-state index contributed by atoms with van der Waals surface area (Å²) in [6.07, 6.45) is 5.13. The predicted molar refractivity (Wildman–Crippen MR) is 95.5 cm³/mol. The highest BCUT2D eigenvalue weighted by Crippen LogP contribution is 2.42. The molecule has 3 saturated heterocycles. The molecule has 1 amide bonds. The van der Waals surface area contributed by atoms with E-state index in [9.17, 15) is 13.6 Å². The number of hydrogen-bond acceptors (Lipinski definition) is 3. The molecule has 0 radical (unpaired) electrons. The molecule has 6 heteroatoms. The van der Waals surface area contributed by atoms with Crippen molar-refractivity contribution >= 4 is 5.91 Å². The molecular weight excluding hydrogens is 336 g/mol. The van der Waals surface area contributed by atoms with Crippen molar-refractivity contribution in [3.8, 4) is 0 Å². The minimum Gasteiger partial charge on any atom is -0.338 e. The minimum absolute atomic E-state index is 0.0432. The average molecular weight is 363 g/mol. The Kier molecular flexibility index (Phi) is 4.97. The molecule has 1 spiro atoms. The molecule has 1 N–H and O–H groups in total. The maximum absolute atomic E-state index is 13.4. The molecule has 3 aliphatic heterocycles. The van der Waals surface area contributed by atoms with E-state index in [1.54, 1.807) is 4.90 Å². The molecule has 0 bridgehead atoms. The van der Waals surface area contributed by atoms with Crippen LogP contribution in [0.5, 0.6) is 0 Å². The number of carbonyl (C=O) groups is 1. The maximum atomic E-state index is 13.4. The van der Waals surface area contributed by atoms with Crippen LogP contribution in [0.4, 0.5) is 8.78 Å². The van der Waals surface area contributed by atoms with Crippen molar-refractivity contribution in [2.45, 2.75) is 44.7 Å². The molecule has 0 unspecified atom stereocenters. The van der Waals surface area contributed by atoms with Crippen molar-refractivity contribution in [3.05, 3.63) is 35.4 Å². The summed E-state index contributed by atoms with van der Waals surface area (Å²) < 4.78 is 26.8. The first-order chi connectivity index (χ1) is 12.5. The molecule has 3 heterocycles. The van der Waals surface area contributed by atoms with Crippen molar-refractivity contribution in [1.82, 2.24) is 15.1 Å². The van der Waals surface area contributed by atoms with E-state index in [4.69, 9.17) is 0 Å². The molecule has 3 aliphatic rings. The van der Waals surface area contributed by atoms with Gasteiger partial charge in [-0.1, -0.05) is 0 Å². The van der Waals surface area contributed by atoms with E-state index < -0.39 is 11.6 Å². The van der Waals surface area contributed by atoms with Gasteiger partial charge in [0.1, 0.15) is 11.6 Å². The van der Waals surface area contributed by atoms with Gasteiger partial charge in [0.15, 0.2) is 0 Å². The minimum atomic E-state index is -0.587. The molecule has 1 atom stereocenters. The van der Waals surface area contributed by atoms with Gasteiger partial charge in [0, 0.05) is 38.2 Å². The van der Waals surface area contributed by atoms with Crippen molar-refractivity contribution in [2.24, 2.45) is 5.41 Å². The summed E-state index contributed by atoms with van der Waals surface area (Å²) in [6.45, 7) is 5.29. The van der Waals surface area contributed by atoms with Crippen LogP contribution in [-0.4, -0.2) is 54.5 Å². The highest BCUT2D eigenvalue weighted by Gasteiger charge is 2.45. The van der Waals surface area contributed by atoms with Crippen LogP contribution < -0.4 is 5.32 Å². The summed E-state index contributed by atoms with van der Waals surface area (Å²) in [5, 5.41) is 3.48. The molecule has 142 valence electrons. The standard InChI is InChI=1S/C20H27F2N3O/c21-16-8-15(9-17(22)10-16)13-25-14-20(11-19(25)26)3-6-24(7-4-20)18-2-1-5-23-12-18/h8-10,18,23H,1-7,11-14H2/t18-/m1/s1. The lowest BCUT2D eigenvalue weighted by Crippen LogP contribution is -2.51. The highest BCUT2D eigenvalue weighted by atomic mass is 19.1. The van der Waals surface area contributed by atoms with E-state index in [1.807, 2.05) is 0 Å². The molecule has 0 aliphatic carbocycles. The second-order valence-corrected chi connectivity index (χ2v) is 8.24. The summed E-state index contributed by atoms with van der Waals surface area (Å²) >= 11 is 0. The van der Waals surface area contributed by atoms with E-state index in [0.29, 0.717) is 31.1 Å². The van der Waals surface area contributed by atoms with Crippen LogP contribution in [0, 0.1) is 17.0 Å². The Morgan fingerprint density at radius 1 is 1.15 bits per heavy atom. The van der Waals surface area contributed by atoms with Gasteiger partial charge in [0.2, 0.25) is 5.91 Å². The van der Waals surface area contributed by atoms with Crippen LogP contribution >= 0.6 is 0 Å². The van der Waals surface area contributed by atoms with Crippen LogP contribution in [-0.2, 0) is 11.3 Å². The number of likely N-dealkylation sites (tertiary alicyclic amines) is 2. The summed E-state index contributed by atoms with van der Waals surface area (Å²) in [4.78, 5) is 16.9. The largest absolute Gasteiger partial charge is 0.338 e. The first kappa shape index (κ1) is 17.9. The van der Waals surface area contributed by atoms with Gasteiger partial charge >= 0.3 is 0 Å². The third-order valence-corrected chi connectivity index (χ3v) is 6.35. The van der Waals surface area contributed by atoms with Gasteiger partial charge in [-0.3, -0.25) is 9.69 Å². The lowest BCUT2D eigenvalue weighted by Gasteiger charge is -2.43. The van der Waals surface area contributed by atoms with Gasteiger partial charge in [-0.05, 0) is 68.4 Å². The fourth-order valence-electron chi connectivity index (χ4n) is 4.89. The van der Waals surface area contributed by atoms with Gasteiger partial charge in [0.05, 0.1) is 0 Å². The molecule has 0 aromatic heterocycles. The number of benzene rings is 1. The zero-order valence-corrected chi connectivity index (χ0v) is 15.1. The average Bonchev–Trinajstić information content (AvgIpc) is 2.90. The second kappa shape index (κ2) is 7.24. The molecule has 0 saturated carbocycles. The Morgan fingerprint density at radius 2 is 1.88 bits per heavy atom. The zero-order chi connectivity index (χ0) is 18.1. The van der Waals surface area contributed by atoms with Crippen LogP contribution in [0.1, 0.15) is 37.7 Å². The van der Waals surface area contributed by atoms with Gasteiger partial charge in [-0.15, -0.1) is 0 Å². The van der Waals surface area contributed by atoms with Crippen LogP contribution in [0.3, 0.4) is 0 Å². The third-order valence-electron chi connectivity index (χ3n) is 6.35. The van der Waals surface area contributed by atoms with Crippen LogP contribution in [0.25, 0.3) is 0 Å². The van der Waals surface area contributed by atoms with Gasteiger partial charge < -0.3 is 10.2 Å². The topological polar surface area (TPSA) is 35.6 Å². The second-order valence-electron chi connectivity index (χ2n) is 8.24. The first-order valence-electron chi connectivity index (χ1n) is 9.71. The molecule has 1 aromatic carbocycles. The highest BCUT2D eigenvalue weighted by molar-refractivity contribution is 5.79. The van der Waals surface area contributed by atoms with Crippen molar-refractivity contribution in [2.75, 3.05) is 32.7 Å². The fraction of sp³-hybridized carbons (Fsp3) is 0.650. The van der Waals surface area contributed by atoms with Crippen molar-refractivity contribution in [1.29, 1.82) is 0 Å². The molecule has 26 heavy (non-hydrogen) atoms. The van der Waals surface area contributed by atoms with Crippen molar-refractivity contribution < 1.29 is 13.6 Å². The normalized spacial score (nSPS) is 26.6. The van der Waals surface area contributed by atoms with Crippen LogP contribution in [0.15, 0.2) is 18.2 Å². The Hall–Kier alpha value is -1.53. The summed E-state index contributed by atoms with van der Waals surface area (Å²) in [5.41, 5.74) is 0.570. The number of hydrogen-bond donors (Lipinski definition) is 1. The number of rotatable bonds is 3. The summed E-state index contributed by atoms with van der Waals surface area (Å²) in [7, 11) is 0. The Bertz CT molecular complexity index is 647. The predicted octanol–water partition coefficient (Wildman–Crippen LogP) is 2.53. The fourth-order valence-corrected chi connectivity index (χ4v) is 4.89. The third kappa shape index (κ3) is 3.76. The van der Waals surface area contributed by atoms with Gasteiger partial charge in [0.25, 0.3) is 0 Å². The monoisotopic (exact) mass is 363 g/mol. The van der Waals surface area contributed by atoms with E-state index in [1.165, 1.54) is 25.0 Å². The van der Waals surface area contributed by atoms with E-state index in [-0.39, 0.29) is 11.3 Å². The Morgan fingerprint density at radius 3 is 2.54 bits per heavy atom. The van der Waals surface area contributed by atoms with E-state index in [2.05, 4.69) is 10.2 Å². The number of amides is 1. The molecule has 4 nitrogen and oxygen atoms in total. The smallest absolute Gasteiger partial charge is 0.223 e.